The smallest absolute Gasteiger partial charge is 0.253 e. The molecule has 26 heavy (non-hydrogen) atoms. The van der Waals surface area contributed by atoms with E-state index >= 15 is 0 Å². The Bertz CT molecular complexity index is 960. The summed E-state index contributed by atoms with van der Waals surface area (Å²) in [6.07, 6.45) is 5.94. The summed E-state index contributed by atoms with van der Waals surface area (Å²) >= 11 is 1.43. The molecule has 1 aliphatic rings. The number of rotatable bonds is 3. The number of hydrogen-bond acceptors (Lipinski definition) is 5. The van der Waals surface area contributed by atoms with Gasteiger partial charge < -0.3 is 15.2 Å². The lowest BCUT2D eigenvalue weighted by molar-refractivity contribution is 0.0703. The summed E-state index contributed by atoms with van der Waals surface area (Å²) in [5.41, 5.74) is 8.44. The van der Waals surface area contributed by atoms with Crippen LogP contribution >= 0.6 is 11.3 Å². The molecule has 2 N–H and O–H groups in total. The minimum Gasteiger partial charge on any atom is -0.375 e. The molecule has 6 nitrogen and oxygen atoms in total. The second-order valence-electron chi connectivity index (χ2n) is 6.85. The third-order valence-corrected chi connectivity index (χ3v) is 5.94. The fraction of sp³-hybridized carbons (Fsp3) is 0.421. The zero-order valence-corrected chi connectivity index (χ0v) is 15.9. The topological polar surface area (TPSA) is 77.0 Å². The van der Waals surface area contributed by atoms with Gasteiger partial charge in [-0.15, -0.1) is 0 Å². The maximum Gasteiger partial charge on any atom is 0.253 e. The van der Waals surface area contributed by atoms with Crippen LogP contribution in [0.2, 0.25) is 0 Å². The van der Waals surface area contributed by atoms with Crippen molar-refractivity contribution in [3.63, 3.8) is 0 Å². The van der Waals surface area contributed by atoms with Crippen LogP contribution in [-0.4, -0.2) is 38.4 Å². The molecule has 2 aromatic heterocycles. The van der Waals surface area contributed by atoms with E-state index in [-0.39, 0.29) is 5.91 Å². The predicted octanol–water partition coefficient (Wildman–Crippen LogP) is 3.42. The molecule has 0 unspecified atom stereocenters. The lowest BCUT2D eigenvalue weighted by atomic mass is 9.96. The second kappa shape index (κ2) is 6.72. The van der Waals surface area contributed by atoms with Gasteiger partial charge in [0.15, 0.2) is 5.13 Å². The van der Waals surface area contributed by atoms with Crippen LogP contribution in [0.3, 0.4) is 0 Å². The average molecular weight is 369 g/mol. The normalized spacial score (nSPS) is 17.8. The average Bonchev–Trinajstić information content (AvgIpc) is 3.27. The number of likely N-dealkylation sites (tertiary alicyclic amines) is 1. The first-order chi connectivity index (χ1) is 12.6. The highest BCUT2D eigenvalue weighted by Gasteiger charge is 2.28. The van der Waals surface area contributed by atoms with E-state index in [1.54, 1.807) is 0 Å². The molecule has 0 spiro atoms. The molecular weight excluding hydrogens is 346 g/mol. The van der Waals surface area contributed by atoms with Gasteiger partial charge in [0, 0.05) is 43.5 Å². The van der Waals surface area contributed by atoms with Crippen molar-refractivity contribution < 1.29 is 4.79 Å². The van der Waals surface area contributed by atoms with Crippen molar-refractivity contribution >= 4 is 32.6 Å². The first kappa shape index (κ1) is 17.0. The summed E-state index contributed by atoms with van der Waals surface area (Å²) < 4.78 is 3.15. The number of fused-ring (bicyclic) bond motifs is 1. The van der Waals surface area contributed by atoms with Gasteiger partial charge >= 0.3 is 0 Å². The molecule has 1 aliphatic heterocycles. The number of hydrogen-bond donors (Lipinski definition) is 1. The Kier molecular flexibility index (Phi) is 4.40. The third-order valence-electron chi connectivity index (χ3n) is 5.11. The number of amides is 1. The van der Waals surface area contributed by atoms with Crippen LogP contribution in [0.4, 0.5) is 5.13 Å². The van der Waals surface area contributed by atoms with Gasteiger partial charge in [-0.2, -0.15) is 0 Å². The van der Waals surface area contributed by atoms with E-state index in [4.69, 9.17) is 5.73 Å². The quantitative estimate of drug-likeness (QED) is 0.767. The number of thiazole rings is 1. The number of nitrogens with two attached hydrogens (primary N) is 1. The van der Waals surface area contributed by atoms with Crippen LogP contribution in [0.5, 0.6) is 0 Å². The molecule has 7 heteroatoms. The molecule has 0 saturated carbocycles. The van der Waals surface area contributed by atoms with Gasteiger partial charge in [0.1, 0.15) is 5.82 Å². The molecule has 1 amide bonds. The van der Waals surface area contributed by atoms with Gasteiger partial charge in [0.2, 0.25) is 0 Å². The number of nitrogen functional groups attached to an aromatic ring is 1. The Morgan fingerprint density at radius 3 is 3.08 bits per heavy atom. The number of imidazole rings is 1. The Morgan fingerprint density at radius 1 is 1.42 bits per heavy atom. The standard InChI is InChI=1S/C19H23N5OS/c1-3-23-8-6-21-17(23)13-5-4-7-24(11-13)18(25)14-9-12(2)16-15(10-14)26-19(20)22-16/h6,8-10,13H,3-5,7,11H2,1-2H3,(H2,20,22)/t13-/m0/s1. The highest BCUT2D eigenvalue weighted by atomic mass is 32.1. The third kappa shape index (κ3) is 2.96. The summed E-state index contributed by atoms with van der Waals surface area (Å²) in [5, 5.41) is 0.539. The van der Waals surface area contributed by atoms with Crippen LogP contribution in [0.1, 0.15) is 47.4 Å². The Labute approximate surface area is 156 Å². The monoisotopic (exact) mass is 369 g/mol. The number of anilines is 1. The van der Waals surface area contributed by atoms with Gasteiger partial charge in [-0.25, -0.2) is 9.97 Å². The molecule has 1 aromatic carbocycles. The molecule has 136 valence electrons. The molecule has 1 saturated heterocycles. The van der Waals surface area contributed by atoms with Crippen molar-refractivity contribution in [2.45, 2.75) is 39.2 Å². The number of carbonyl (C=O) groups is 1. The van der Waals surface area contributed by atoms with Gasteiger partial charge in [-0.3, -0.25) is 4.79 Å². The summed E-state index contributed by atoms with van der Waals surface area (Å²) in [6, 6.07) is 3.86. The number of piperidine rings is 1. The van der Waals surface area contributed by atoms with E-state index < -0.39 is 0 Å². The number of benzene rings is 1. The maximum absolute atomic E-state index is 13.1. The summed E-state index contributed by atoms with van der Waals surface area (Å²) in [4.78, 5) is 24.0. The molecule has 4 rings (SSSR count). The molecule has 1 fully saturated rings. The van der Waals surface area contributed by atoms with E-state index in [0.717, 1.165) is 59.6 Å². The Morgan fingerprint density at radius 2 is 2.27 bits per heavy atom. The van der Waals surface area contributed by atoms with E-state index in [1.807, 2.05) is 36.4 Å². The zero-order valence-electron chi connectivity index (χ0n) is 15.1. The largest absolute Gasteiger partial charge is 0.375 e. The fourth-order valence-electron chi connectivity index (χ4n) is 3.84. The number of carbonyl (C=O) groups excluding carboxylic acids is 1. The Balaban J connectivity index is 1.60. The minimum absolute atomic E-state index is 0.0845. The van der Waals surface area contributed by atoms with E-state index in [0.29, 0.717) is 11.0 Å². The van der Waals surface area contributed by atoms with Crippen molar-refractivity contribution in [3.8, 4) is 0 Å². The van der Waals surface area contributed by atoms with Crippen molar-refractivity contribution in [1.82, 2.24) is 19.4 Å². The molecule has 0 bridgehead atoms. The van der Waals surface area contributed by atoms with Gasteiger partial charge in [-0.05, 0) is 44.4 Å². The van der Waals surface area contributed by atoms with Crippen LogP contribution in [0, 0.1) is 6.92 Å². The lowest BCUT2D eigenvalue weighted by Gasteiger charge is -2.32. The van der Waals surface area contributed by atoms with Gasteiger partial charge in [-0.1, -0.05) is 11.3 Å². The van der Waals surface area contributed by atoms with Crippen molar-refractivity contribution in [1.29, 1.82) is 0 Å². The molecular formula is C19H23N5OS. The lowest BCUT2D eigenvalue weighted by Crippen LogP contribution is -2.39. The first-order valence-corrected chi connectivity index (χ1v) is 9.85. The van der Waals surface area contributed by atoms with Gasteiger partial charge in [0.05, 0.1) is 10.2 Å². The molecule has 0 aliphatic carbocycles. The van der Waals surface area contributed by atoms with Gasteiger partial charge in [0.25, 0.3) is 5.91 Å². The minimum atomic E-state index is 0.0845. The van der Waals surface area contributed by atoms with Crippen molar-refractivity contribution in [2.24, 2.45) is 0 Å². The fourth-order valence-corrected chi connectivity index (χ4v) is 4.69. The molecule has 3 aromatic rings. The van der Waals surface area contributed by atoms with E-state index in [9.17, 15) is 4.79 Å². The number of aryl methyl sites for hydroxylation is 2. The van der Waals surface area contributed by atoms with Crippen LogP contribution in [0.25, 0.3) is 10.2 Å². The van der Waals surface area contributed by atoms with E-state index in [2.05, 4.69) is 21.5 Å². The maximum atomic E-state index is 13.1. The SMILES string of the molecule is CCn1ccnc1[C@H]1CCCN(C(=O)c2cc(C)c3nc(N)sc3c2)C1. The molecule has 0 radical (unpaired) electrons. The predicted molar refractivity (Wildman–Crippen MR) is 105 cm³/mol. The van der Waals surface area contributed by atoms with Crippen molar-refractivity contribution in [3.05, 3.63) is 41.5 Å². The van der Waals surface area contributed by atoms with Crippen molar-refractivity contribution in [2.75, 3.05) is 18.8 Å². The summed E-state index contributed by atoms with van der Waals surface area (Å²) in [7, 11) is 0. The highest BCUT2D eigenvalue weighted by molar-refractivity contribution is 7.22. The van der Waals surface area contributed by atoms with Crippen LogP contribution < -0.4 is 5.73 Å². The van der Waals surface area contributed by atoms with Crippen LogP contribution in [0.15, 0.2) is 24.5 Å². The molecule has 3 heterocycles. The zero-order chi connectivity index (χ0) is 18.3. The second-order valence-corrected chi connectivity index (χ2v) is 7.92. The Hall–Kier alpha value is -2.41. The summed E-state index contributed by atoms with van der Waals surface area (Å²) in [5.74, 6) is 1.47. The number of nitrogens with zero attached hydrogens (tertiary/aromatic N) is 4. The summed E-state index contributed by atoms with van der Waals surface area (Å²) in [6.45, 7) is 6.52. The molecule has 1 atom stereocenters. The number of aromatic nitrogens is 3. The van der Waals surface area contributed by atoms with E-state index in [1.165, 1.54) is 11.3 Å². The highest BCUT2D eigenvalue weighted by Crippen LogP contribution is 2.30. The first-order valence-electron chi connectivity index (χ1n) is 9.03. The van der Waals surface area contributed by atoms with Crippen LogP contribution in [-0.2, 0) is 6.54 Å².